The Morgan fingerprint density at radius 3 is 2.68 bits per heavy atom. The Morgan fingerprint density at radius 1 is 1.53 bits per heavy atom. The molecule has 0 spiro atoms. The first kappa shape index (κ1) is 14.8. The van der Waals surface area contributed by atoms with Crippen LogP contribution in [0.25, 0.3) is 0 Å². The quantitative estimate of drug-likeness (QED) is 0.875. The molecule has 0 bridgehead atoms. The van der Waals surface area contributed by atoms with E-state index in [9.17, 15) is 5.11 Å². The van der Waals surface area contributed by atoms with Gasteiger partial charge in [0.2, 0.25) is 0 Å². The standard InChI is InChI=1S/C14H23ClN2O2/c1-4-17-12(13(15)10(2)16-17)8-11(18)9-14(19-3)6-5-7-14/h11,18H,4-9H2,1-3H3. The van der Waals surface area contributed by atoms with Crippen LogP contribution < -0.4 is 0 Å². The van der Waals surface area contributed by atoms with E-state index in [1.165, 1.54) is 6.42 Å². The highest BCUT2D eigenvalue weighted by Gasteiger charge is 2.39. The number of halogens is 1. The van der Waals surface area contributed by atoms with Crippen molar-refractivity contribution in [1.82, 2.24) is 9.78 Å². The number of ether oxygens (including phenoxy) is 1. The van der Waals surface area contributed by atoms with Gasteiger partial charge in [-0.15, -0.1) is 0 Å². The number of aromatic nitrogens is 2. The minimum Gasteiger partial charge on any atom is -0.393 e. The molecule has 5 heteroatoms. The summed E-state index contributed by atoms with van der Waals surface area (Å²) in [7, 11) is 1.74. The van der Waals surface area contributed by atoms with Gasteiger partial charge in [-0.1, -0.05) is 11.6 Å². The average Bonchev–Trinajstić information content (AvgIpc) is 2.61. The number of nitrogens with zero attached hydrogens (tertiary/aromatic N) is 2. The van der Waals surface area contributed by atoms with E-state index in [0.29, 0.717) is 17.9 Å². The molecule has 1 aromatic rings. The lowest BCUT2D eigenvalue weighted by atomic mass is 9.75. The molecule has 1 N–H and O–H groups in total. The molecule has 1 aliphatic carbocycles. The van der Waals surface area contributed by atoms with E-state index in [0.717, 1.165) is 30.8 Å². The van der Waals surface area contributed by atoms with Gasteiger partial charge in [-0.2, -0.15) is 5.10 Å². The minimum absolute atomic E-state index is 0.113. The smallest absolute Gasteiger partial charge is 0.0848 e. The first-order valence-corrected chi connectivity index (χ1v) is 7.34. The Bertz CT molecular complexity index is 435. The Morgan fingerprint density at radius 2 is 2.21 bits per heavy atom. The molecule has 1 aromatic heterocycles. The Balaban J connectivity index is 2.04. The summed E-state index contributed by atoms with van der Waals surface area (Å²) in [5, 5.41) is 15.4. The van der Waals surface area contributed by atoms with Gasteiger partial charge < -0.3 is 9.84 Å². The summed E-state index contributed by atoms with van der Waals surface area (Å²) in [6, 6.07) is 0. The fourth-order valence-corrected chi connectivity index (χ4v) is 3.06. The number of hydrogen-bond acceptors (Lipinski definition) is 3. The van der Waals surface area contributed by atoms with Crippen molar-refractivity contribution in [3.63, 3.8) is 0 Å². The van der Waals surface area contributed by atoms with Crippen LogP contribution in [0.5, 0.6) is 0 Å². The molecule has 1 atom stereocenters. The van der Waals surface area contributed by atoms with Crippen LogP contribution >= 0.6 is 11.6 Å². The topological polar surface area (TPSA) is 47.3 Å². The van der Waals surface area contributed by atoms with Crippen LogP contribution in [0.15, 0.2) is 0 Å². The SMILES string of the molecule is CCn1nc(C)c(Cl)c1CC(O)CC1(OC)CCC1. The second kappa shape index (κ2) is 5.81. The van der Waals surface area contributed by atoms with Gasteiger partial charge in [0.25, 0.3) is 0 Å². The second-order valence-electron chi connectivity index (χ2n) is 5.46. The summed E-state index contributed by atoms with van der Waals surface area (Å²) in [4.78, 5) is 0. The highest BCUT2D eigenvalue weighted by molar-refractivity contribution is 6.31. The molecule has 0 amide bonds. The van der Waals surface area contributed by atoms with Crippen LogP contribution in [0.1, 0.15) is 44.0 Å². The molecule has 2 rings (SSSR count). The molecule has 19 heavy (non-hydrogen) atoms. The van der Waals surface area contributed by atoms with E-state index in [-0.39, 0.29) is 5.60 Å². The third-order valence-electron chi connectivity index (χ3n) is 4.19. The van der Waals surface area contributed by atoms with Gasteiger partial charge in [0, 0.05) is 26.5 Å². The van der Waals surface area contributed by atoms with Crippen LogP contribution in [-0.2, 0) is 17.7 Å². The maximum absolute atomic E-state index is 10.3. The van der Waals surface area contributed by atoms with E-state index in [1.54, 1.807) is 7.11 Å². The molecular weight excluding hydrogens is 264 g/mol. The highest BCUT2D eigenvalue weighted by atomic mass is 35.5. The average molecular weight is 287 g/mol. The Kier molecular flexibility index (Phi) is 4.54. The summed E-state index contributed by atoms with van der Waals surface area (Å²) in [6.45, 7) is 4.69. The van der Waals surface area contributed by atoms with Gasteiger partial charge in [-0.05, 0) is 33.1 Å². The molecule has 1 heterocycles. The monoisotopic (exact) mass is 286 g/mol. The summed E-state index contributed by atoms with van der Waals surface area (Å²) >= 11 is 6.26. The molecule has 108 valence electrons. The van der Waals surface area contributed by atoms with Crippen LogP contribution in [-0.4, -0.2) is 33.7 Å². The van der Waals surface area contributed by atoms with E-state index < -0.39 is 6.10 Å². The first-order valence-electron chi connectivity index (χ1n) is 6.96. The summed E-state index contributed by atoms with van der Waals surface area (Å²) in [5.74, 6) is 0. The van der Waals surface area contributed by atoms with Crippen molar-refractivity contribution < 1.29 is 9.84 Å². The highest BCUT2D eigenvalue weighted by Crippen LogP contribution is 2.39. The van der Waals surface area contributed by atoms with Crippen molar-refractivity contribution in [2.45, 2.75) is 64.2 Å². The van der Waals surface area contributed by atoms with Gasteiger partial charge in [0.05, 0.1) is 28.1 Å². The molecule has 4 nitrogen and oxygen atoms in total. The van der Waals surface area contributed by atoms with Gasteiger partial charge in [-0.3, -0.25) is 4.68 Å². The molecule has 0 radical (unpaired) electrons. The van der Waals surface area contributed by atoms with E-state index in [4.69, 9.17) is 16.3 Å². The van der Waals surface area contributed by atoms with Crippen LogP contribution in [0.3, 0.4) is 0 Å². The lowest BCUT2D eigenvalue weighted by molar-refractivity contribution is -0.0990. The summed E-state index contributed by atoms with van der Waals surface area (Å²) < 4.78 is 7.43. The molecule has 1 saturated carbocycles. The van der Waals surface area contributed by atoms with Crippen molar-refractivity contribution in [3.05, 3.63) is 16.4 Å². The minimum atomic E-state index is -0.431. The third kappa shape index (κ3) is 2.96. The zero-order chi connectivity index (χ0) is 14.0. The van der Waals surface area contributed by atoms with Crippen molar-refractivity contribution in [1.29, 1.82) is 0 Å². The third-order valence-corrected chi connectivity index (χ3v) is 4.68. The molecule has 0 saturated heterocycles. The molecular formula is C14H23ClN2O2. The Hall–Kier alpha value is -0.580. The normalized spacial score (nSPS) is 19.2. The number of methoxy groups -OCH3 is 1. The largest absolute Gasteiger partial charge is 0.393 e. The van der Waals surface area contributed by atoms with Gasteiger partial charge >= 0.3 is 0 Å². The van der Waals surface area contributed by atoms with Gasteiger partial charge in [0.1, 0.15) is 0 Å². The molecule has 1 unspecified atom stereocenters. The van der Waals surface area contributed by atoms with Crippen molar-refractivity contribution in [2.24, 2.45) is 0 Å². The fourth-order valence-electron chi connectivity index (χ4n) is 2.85. The maximum atomic E-state index is 10.3. The van der Waals surface area contributed by atoms with Crippen molar-refractivity contribution in [3.8, 4) is 0 Å². The number of aliphatic hydroxyl groups excluding tert-OH is 1. The number of aliphatic hydroxyl groups is 1. The zero-order valence-electron chi connectivity index (χ0n) is 11.9. The van der Waals surface area contributed by atoms with E-state index in [2.05, 4.69) is 5.10 Å². The number of hydrogen-bond donors (Lipinski definition) is 1. The Labute approximate surface area is 119 Å². The van der Waals surface area contributed by atoms with Crippen LogP contribution in [0.2, 0.25) is 5.02 Å². The summed E-state index contributed by atoms with van der Waals surface area (Å²) in [5.41, 5.74) is 1.65. The predicted molar refractivity (Wildman–Crippen MR) is 75.6 cm³/mol. The van der Waals surface area contributed by atoms with Gasteiger partial charge in [-0.25, -0.2) is 0 Å². The van der Waals surface area contributed by atoms with E-state index in [1.807, 2.05) is 18.5 Å². The molecule has 1 aliphatic rings. The molecule has 0 aliphatic heterocycles. The van der Waals surface area contributed by atoms with Gasteiger partial charge in [0.15, 0.2) is 0 Å². The van der Waals surface area contributed by atoms with Crippen molar-refractivity contribution in [2.75, 3.05) is 7.11 Å². The molecule has 0 aromatic carbocycles. The number of rotatable bonds is 6. The van der Waals surface area contributed by atoms with Crippen LogP contribution in [0, 0.1) is 6.92 Å². The fraction of sp³-hybridized carbons (Fsp3) is 0.786. The zero-order valence-corrected chi connectivity index (χ0v) is 12.7. The predicted octanol–water partition coefficient (Wildman–Crippen LogP) is 2.73. The van der Waals surface area contributed by atoms with Crippen LogP contribution in [0.4, 0.5) is 0 Å². The first-order chi connectivity index (χ1) is 9.01. The lowest BCUT2D eigenvalue weighted by Crippen LogP contribution is -2.42. The molecule has 1 fully saturated rings. The number of aryl methyl sites for hydroxylation is 2. The summed E-state index contributed by atoms with van der Waals surface area (Å²) in [6.07, 6.45) is 4.06. The van der Waals surface area contributed by atoms with E-state index >= 15 is 0 Å². The second-order valence-corrected chi connectivity index (χ2v) is 5.84. The van der Waals surface area contributed by atoms with Crippen molar-refractivity contribution >= 4 is 11.6 Å². The maximum Gasteiger partial charge on any atom is 0.0848 e. The lowest BCUT2D eigenvalue weighted by Gasteiger charge is -2.41.